The van der Waals surface area contributed by atoms with Crippen molar-refractivity contribution in [2.45, 2.75) is 136 Å². The van der Waals surface area contributed by atoms with E-state index in [2.05, 4.69) is 16.0 Å². The van der Waals surface area contributed by atoms with Crippen LogP contribution in [-0.4, -0.2) is 116 Å². The summed E-state index contributed by atoms with van der Waals surface area (Å²) in [5, 5.41) is 19.9. The number of amides is 4. The van der Waals surface area contributed by atoms with E-state index in [1.807, 2.05) is 71.9 Å². The van der Waals surface area contributed by atoms with Gasteiger partial charge in [-0.3, -0.25) is 19.2 Å². The van der Waals surface area contributed by atoms with Crippen LogP contribution < -0.4 is 16.0 Å². The number of nitrogens with zero attached hydrogens (tertiary/aromatic N) is 2. The first kappa shape index (κ1) is 45.1. The van der Waals surface area contributed by atoms with Gasteiger partial charge in [-0.05, 0) is 50.1 Å². The van der Waals surface area contributed by atoms with E-state index in [1.165, 1.54) is 0 Å². The number of benzene rings is 1. The zero-order chi connectivity index (χ0) is 39.3. The Morgan fingerprint density at radius 3 is 2.04 bits per heavy atom. The van der Waals surface area contributed by atoms with Crippen molar-refractivity contribution in [2.24, 2.45) is 23.7 Å². The number of carbonyl (C=O) groups excluding carboxylic acids is 4. The Labute approximate surface area is 313 Å². The number of aliphatic hydroxyl groups is 1. The lowest BCUT2D eigenvalue weighted by atomic mass is 9.89. The molecule has 4 amide bonds. The summed E-state index contributed by atoms with van der Waals surface area (Å²) in [5.74, 6) is -1.54. The second kappa shape index (κ2) is 21.6. The first-order chi connectivity index (χ1) is 24.6. The average Bonchev–Trinajstić information content (AvgIpc) is 3.62. The Morgan fingerprint density at radius 1 is 0.904 bits per heavy atom. The molecule has 1 heterocycles. The standard InChI is InChI=1S/C40H69N5O7/c1-13-25(5)34(43-39(49)33(41-9)24(3)4)40(50)44(10)35(26(6)14-2)31(51-11)23-32(46)45-22-18-21-30(45)37(52-12)27(7)38(48)42-28(8)36(47)29-19-16-15-17-20-29/h15-17,19-20,24-28,30-31,33-37,41,47H,13-14,18,21-23H2,1-12H3,(H,42,48)(H,43,49)/t25-,26-,27+,28+,30-,31+,33-,34-,35-,36+,37+/m0/s1. The zero-order valence-corrected chi connectivity index (χ0v) is 33.8. The van der Waals surface area contributed by atoms with Gasteiger partial charge in [-0.25, -0.2) is 0 Å². The molecule has 12 heteroatoms. The van der Waals surface area contributed by atoms with Crippen LogP contribution in [0.3, 0.4) is 0 Å². The molecule has 0 radical (unpaired) electrons. The van der Waals surface area contributed by atoms with Gasteiger partial charge in [0.15, 0.2) is 0 Å². The molecule has 2 rings (SSSR count). The van der Waals surface area contributed by atoms with Crippen LogP contribution in [0.15, 0.2) is 30.3 Å². The summed E-state index contributed by atoms with van der Waals surface area (Å²) < 4.78 is 11.9. The van der Waals surface area contributed by atoms with Gasteiger partial charge in [-0.15, -0.1) is 0 Å². The predicted molar refractivity (Wildman–Crippen MR) is 204 cm³/mol. The number of rotatable bonds is 21. The highest BCUT2D eigenvalue weighted by Crippen LogP contribution is 2.30. The largest absolute Gasteiger partial charge is 0.386 e. The maximum absolute atomic E-state index is 14.3. The highest BCUT2D eigenvalue weighted by Gasteiger charge is 2.43. The number of carbonyl (C=O) groups is 4. The van der Waals surface area contributed by atoms with E-state index in [1.54, 1.807) is 52.0 Å². The Bertz CT molecular complexity index is 1270. The third-order valence-corrected chi connectivity index (χ3v) is 11.3. The number of nitrogens with one attached hydrogen (secondary N) is 3. The van der Waals surface area contributed by atoms with E-state index in [0.29, 0.717) is 24.9 Å². The quantitative estimate of drug-likeness (QED) is 0.149. The molecular weight excluding hydrogens is 662 g/mol. The fourth-order valence-corrected chi connectivity index (χ4v) is 7.59. The minimum atomic E-state index is -0.876. The first-order valence-electron chi connectivity index (χ1n) is 19.2. The van der Waals surface area contributed by atoms with Gasteiger partial charge in [0, 0.05) is 27.8 Å². The number of hydrogen-bond acceptors (Lipinski definition) is 8. The van der Waals surface area contributed by atoms with Gasteiger partial charge in [0.2, 0.25) is 23.6 Å². The van der Waals surface area contributed by atoms with Crippen molar-refractivity contribution in [3.05, 3.63) is 35.9 Å². The van der Waals surface area contributed by atoms with Crippen molar-refractivity contribution >= 4 is 23.6 Å². The van der Waals surface area contributed by atoms with Gasteiger partial charge in [0.05, 0.1) is 54.8 Å². The van der Waals surface area contributed by atoms with Crippen molar-refractivity contribution < 1.29 is 33.8 Å². The molecule has 12 nitrogen and oxygen atoms in total. The van der Waals surface area contributed by atoms with Crippen LogP contribution in [0.5, 0.6) is 0 Å². The Morgan fingerprint density at radius 2 is 1.52 bits per heavy atom. The molecule has 4 N–H and O–H groups in total. The van der Waals surface area contributed by atoms with Crippen LogP contribution in [0.1, 0.15) is 99.2 Å². The summed E-state index contributed by atoms with van der Waals surface area (Å²) in [6, 6.07) is 6.69. The number of ether oxygens (including phenoxy) is 2. The molecule has 1 fully saturated rings. The van der Waals surface area contributed by atoms with Gasteiger partial charge in [0.1, 0.15) is 6.04 Å². The van der Waals surface area contributed by atoms with Crippen molar-refractivity contribution in [3.63, 3.8) is 0 Å². The summed E-state index contributed by atoms with van der Waals surface area (Å²) in [6.45, 7) is 16.0. The number of hydrogen-bond donors (Lipinski definition) is 4. The van der Waals surface area contributed by atoms with E-state index < -0.39 is 48.4 Å². The van der Waals surface area contributed by atoms with E-state index in [-0.39, 0.29) is 53.8 Å². The average molecular weight is 732 g/mol. The van der Waals surface area contributed by atoms with Crippen LogP contribution in [0.25, 0.3) is 0 Å². The molecule has 1 aliphatic rings. The third-order valence-electron chi connectivity index (χ3n) is 11.3. The molecule has 1 aromatic rings. The molecular formula is C40H69N5O7. The lowest BCUT2D eigenvalue weighted by Gasteiger charge is -2.41. The molecule has 0 spiro atoms. The van der Waals surface area contributed by atoms with Crippen molar-refractivity contribution in [2.75, 3.05) is 34.9 Å². The number of likely N-dealkylation sites (N-methyl/N-ethyl adjacent to an activating group) is 2. The summed E-state index contributed by atoms with van der Waals surface area (Å²) in [4.78, 5) is 58.7. The zero-order valence-electron chi connectivity index (χ0n) is 33.8. The van der Waals surface area contributed by atoms with E-state index in [9.17, 15) is 24.3 Å². The second-order valence-corrected chi connectivity index (χ2v) is 15.1. The number of aliphatic hydroxyl groups excluding tert-OH is 1. The molecule has 1 saturated heterocycles. The van der Waals surface area contributed by atoms with Crippen LogP contribution in [0.2, 0.25) is 0 Å². The van der Waals surface area contributed by atoms with Crippen LogP contribution >= 0.6 is 0 Å². The highest BCUT2D eigenvalue weighted by molar-refractivity contribution is 5.90. The van der Waals surface area contributed by atoms with Crippen LogP contribution in [-0.2, 0) is 28.7 Å². The minimum Gasteiger partial charge on any atom is -0.386 e. The smallest absolute Gasteiger partial charge is 0.245 e. The summed E-state index contributed by atoms with van der Waals surface area (Å²) in [6.07, 6.45) is 0.841. The first-order valence-corrected chi connectivity index (χ1v) is 19.2. The van der Waals surface area contributed by atoms with Crippen molar-refractivity contribution in [1.29, 1.82) is 0 Å². The fourth-order valence-electron chi connectivity index (χ4n) is 7.59. The van der Waals surface area contributed by atoms with E-state index in [4.69, 9.17) is 9.47 Å². The number of methoxy groups -OCH3 is 2. The van der Waals surface area contributed by atoms with E-state index in [0.717, 1.165) is 12.8 Å². The SMILES string of the molecule is CC[C@H](C)[C@@H]([C@@H](CC(=O)N1CCC[C@H]1[C@H](OC)[C@@H](C)C(=O)N[C@H](C)[C@@H](O)c1ccccc1)OC)N(C)C(=O)[C@@H](NC(=O)[C@@H](NC)C(C)C)[C@@H](C)CC. The molecule has 52 heavy (non-hydrogen) atoms. The Balaban J connectivity index is 2.26. The maximum Gasteiger partial charge on any atom is 0.245 e. The van der Waals surface area contributed by atoms with Crippen LogP contribution in [0, 0.1) is 23.7 Å². The maximum atomic E-state index is 14.3. The van der Waals surface area contributed by atoms with Gasteiger partial charge >= 0.3 is 0 Å². The van der Waals surface area contributed by atoms with Crippen molar-refractivity contribution in [1.82, 2.24) is 25.8 Å². The lowest BCUT2D eigenvalue weighted by molar-refractivity contribution is -0.148. The molecule has 0 bridgehead atoms. The summed E-state index contributed by atoms with van der Waals surface area (Å²) in [7, 11) is 6.60. The highest BCUT2D eigenvalue weighted by atomic mass is 16.5. The molecule has 0 aliphatic carbocycles. The fraction of sp³-hybridized carbons (Fsp3) is 0.750. The van der Waals surface area contributed by atoms with Gasteiger partial charge in [-0.2, -0.15) is 0 Å². The second-order valence-electron chi connectivity index (χ2n) is 15.1. The van der Waals surface area contributed by atoms with Crippen molar-refractivity contribution in [3.8, 4) is 0 Å². The monoisotopic (exact) mass is 732 g/mol. The summed E-state index contributed by atoms with van der Waals surface area (Å²) >= 11 is 0. The topological polar surface area (TPSA) is 150 Å². The van der Waals surface area contributed by atoms with Gasteiger partial charge in [-0.1, -0.05) is 91.6 Å². The molecule has 1 aliphatic heterocycles. The summed E-state index contributed by atoms with van der Waals surface area (Å²) in [5.41, 5.74) is 0.711. The minimum absolute atomic E-state index is 0.0150. The molecule has 1 aromatic carbocycles. The van der Waals surface area contributed by atoms with Crippen LogP contribution in [0.4, 0.5) is 0 Å². The Kier molecular flexibility index (Phi) is 18.7. The van der Waals surface area contributed by atoms with E-state index >= 15 is 0 Å². The normalized spacial score (nSPS) is 20.5. The van der Waals surface area contributed by atoms with Gasteiger partial charge < -0.3 is 40.3 Å². The van der Waals surface area contributed by atoms with Gasteiger partial charge in [0.25, 0.3) is 0 Å². The molecule has 0 unspecified atom stereocenters. The molecule has 0 aromatic heterocycles. The number of likely N-dealkylation sites (tertiary alicyclic amines) is 1. The molecule has 0 saturated carbocycles. The molecule has 296 valence electrons. The molecule has 11 atom stereocenters. The predicted octanol–water partition coefficient (Wildman–Crippen LogP) is 3.92. The third kappa shape index (κ3) is 11.5. The lowest BCUT2D eigenvalue weighted by Crippen LogP contribution is -2.60. The Hall–Kier alpha value is -3.06.